The van der Waals surface area contributed by atoms with E-state index >= 15 is 0 Å². The minimum atomic E-state index is -0.374. The molecule has 1 aliphatic carbocycles. The van der Waals surface area contributed by atoms with Gasteiger partial charge in [-0.15, -0.1) is 0 Å². The van der Waals surface area contributed by atoms with Gasteiger partial charge in [0.05, 0.1) is 6.10 Å². The van der Waals surface area contributed by atoms with Crippen molar-refractivity contribution < 1.29 is 9.90 Å². The van der Waals surface area contributed by atoms with E-state index in [2.05, 4.69) is 0 Å². The third-order valence-corrected chi connectivity index (χ3v) is 2.73. The second kappa shape index (κ2) is 3.02. The van der Waals surface area contributed by atoms with Gasteiger partial charge in [-0.05, 0) is 24.3 Å². The van der Waals surface area contributed by atoms with E-state index in [-0.39, 0.29) is 11.5 Å². The number of carbonyl (C=O) groups is 1. The molecule has 0 saturated heterocycles. The van der Waals surface area contributed by atoms with Crippen LogP contribution in [0.1, 0.15) is 33.6 Å². The fourth-order valence-corrected chi connectivity index (χ4v) is 1.72. The van der Waals surface area contributed by atoms with Crippen LogP contribution in [0.25, 0.3) is 0 Å². The van der Waals surface area contributed by atoms with Gasteiger partial charge in [0.1, 0.15) is 6.29 Å². The minimum absolute atomic E-state index is 0.0728. The number of allylic oxidation sites excluding steroid dienone is 1. The van der Waals surface area contributed by atoms with Gasteiger partial charge in [0.15, 0.2) is 0 Å². The van der Waals surface area contributed by atoms with Crippen LogP contribution >= 0.6 is 0 Å². The van der Waals surface area contributed by atoms with Gasteiger partial charge in [0.25, 0.3) is 0 Å². The minimum Gasteiger partial charge on any atom is -0.392 e. The van der Waals surface area contributed by atoms with Gasteiger partial charge < -0.3 is 5.11 Å². The number of rotatable bonds is 1. The number of carbonyl (C=O) groups excluding carboxylic acids is 1. The molecule has 2 nitrogen and oxygen atoms in total. The predicted octanol–water partition coefficient (Wildman–Crippen LogP) is 1.68. The van der Waals surface area contributed by atoms with Crippen molar-refractivity contribution in [2.45, 2.75) is 39.7 Å². The SMILES string of the molecule is CC1=C(C=O)CC(O)C(C)(C)C1. The van der Waals surface area contributed by atoms with Crippen molar-refractivity contribution in [3.63, 3.8) is 0 Å². The molecule has 0 heterocycles. The molecule has 0 spiro atoms. The molecule has 1 rings (SSSR count). The van der Waals surface area contributed by atoms with E-state index in [1.54, 1.807) is 0 Å². The molecule has 0 aromatic rings. The lowest BCUT2D eigenvalue weighted by atomic mass is 9.73. The number of aldehydes is 1. The summed E-state index contributed by atoms with van der Waals surface area (Å²) in [5.41, 5.74) is 1.83. The summed E-state index contributed by atoms with van der Waals surface area (Å²) in [6, 6.07) is 0. The molecule has 0 saturated carbocycles. The van der Waals surface area contributed by atoms with Crippen molar-refractivity contribution in [2.24, 2.45) is 5.41 Å². The molecule has 1 N–H and O–H groups in total. The summed E-state index contributed by atoms with van der Waals surface area (Å²) in [5, 5.41) is 9.66. The lowest BCUT2D eigenvalue weighted by Crippen LogP contribution is -2.33. The molecule has 0 fully saturated rings. The van der Waals surface area contributed by atoms with E-state index in [9.17, 15) is 9.90 Å². The number of aliphatic hydroxyl groups is 1. The lowest BCUT2D eigenvalue weighted by molar-refractivity contribution is -0.105. The number of aliphatic hydroxyl groups excluding tert-OH is 1. The standard InChI is InChI=1S/C10H16O2/c1-7-5-10(2,3)9(12)4-8(7)6-11/h6,9,12H,4-5H2,1-3H3. The van der Waals surface area contributed by atoms with Crippen LogP contribution in [0.4, 0.5) is 0 Å². The van der Waals surface area contributed by atoms with Gasteiger partial charge in [0, 0.05) is 6.42 Å². The van der Waals surface area contributed by atoms with Crippen molar-refractivity contribution >= 4 is 6.29 Å². The molecule has 0 aromatic heterocycles. The Bertz CT molecular complexity index is 226. The summed E-state index contributed by atoms with van der Waals surface area (Å²) in [5.74, 6) is 0. The Morgan fingerprint density at radius 3 is 2.67 bits per heavy atom. The van der Waals surface area contributed by atoms with Crippen molar-refractivity contribution in [1.29, 1.82) is 0 Å². The maximum absolute atomic E-state index is 10.6. The monoisotopic (exact) mass is 168 g/mol. The quantitative estimate of drug-likeness (QED) is 0.605. The number of hydrogen-bond donors (Lipinski definition) is 1. The van der Waals surface area contributed by atoms with Crippen molar-refractivity contribution in [3.8, 4) is 0 Å². The fraction of sp³-hybridized carbons (Fsp3) is 0.700. The lowest BCUT2D eigenvalue weighted by Gasteiger charge is -2.35. The van der Waals surface area contributed by atoms with Crippen LogP contribution in [0.15, 0.2) is 11.1 Å². The molecule has 0 radical (unpaired) electrons. The average Bonchev–Trinajstić information content (AvgIpc) is 1.96. The highest BCUT2D eigenvalue weighted by molar-refractivity contribution is 5.75. The van der Waals surface area contributed by atoms with Crippen molar-refractivity contribution in [3.05, 3.63) is 11.1 Å². The molecule has 0 bridgehead atoms. The van der Waals surface area contributed by atoms with E-state index in [1.165, 1.54) is 0 Å². The molecule has 68 valence electrons. The summed E-state index contributed by atoms with van der Waals surface area (Å²) in [6.45, 7) is 6.03. The topological polar surface area (TPSA) is 37.3 Å². The normalized spacial score (nSPS) is 28.8. The van der Waals surface area contributed by atoms with Gasteiger partial charge in [0.2, 0.25) is 0 Å². The molecule has 1 atom stereocenters. The smallest absolute Gasteiger partial charge is 0.146 e. The van der Waals surface area contributed by atoms with Crippen LogP contribution in [0.3, 0.4) is 0 Å². The van der Waals surface area contributed by atoms with Crippen molar-refractivity contribution in [2.75, 3.05) is 0 Å². The van der Waals surface area contributed by atoms with E-state index < -0.39 is 0 Å². The third-order valence-electron chi connectivity index (χ3n) is 2.73. The van der Waals surface area contributed by atoms with Crippen LogP contribution in [0.5, 0.6) is 0 Å². The molecule has 12 heavy (non-hydrogen) atoms. The summed E-state index contributed by atoms with van der Waals surface area (Å²) < 4.78 is 0. The Morgan fingerprint density at radius 1 is 1.58 bits per heavy atom. The zero-order chi connectivity index (χ0) is 9.35. The van der Waals surface area contributed by atoms with E-state index in [0.29, 0.717) is 6.42 Å². The molecule has 1 aliphatic rings. The Labute approximate surface area is 73.3 Å². The average molecular weight is 168 g/mol. The Morgan fingerprint density at radius 2 is 2.17 bits per heavy atom. The zero-order valence-electron chi connectivity index (χ0n) is 7.92. The first kappa shape index (κ1) is 9.46. The summed E-state index contributed by atoms with van der Waals surface area (Å²) in [6.07, 6.45) is 1.83. The Kier molecular flexibility index (Phi) is 2.38. The predicted molar refractivity (Wildman–Crippen MR) is 47.8 cm³/mol. The van der Waals surface area contributed by atoms with Crippen LogP contribution in [0, 0.1) is 5.41 Å². The first-order chi connectivity index (χ1) is 5.47. The summed E-state index contributed by atoms with van der Waals surface area (Å²) in [4.78, 5) is 10.6. The van der Waals surface area contributed by atoms with Gasteiger partial charge in [-0.3, -0.25) is 4.79 Å². The summed E-state index contributed by atoms with van der Waals surface area (Å²) >= 11 is 0. The Balaban J connectivity index is 2.91. The van der Waals surface area contributed by atoms with Gasteiger partial charge in [-0.2, -0.15) is 0 Å². The molecule has 1 unspecified atom stereocenters. The molecule has 0 aliphatic heterocycles. The molecular weight excluding hydrogens is 152 g/mol. The van der Waals surface area contributed by atoms with E-state index in [1.807, 2.05) is 20.8 Å². The molecule has 0 aromatic carbocycles. The maximum Gasteiger partial charge on any atom is 0.146 e. The zero-order valence-corrected chi connectivity index (χ0v) is 7.92. The highest BCUT2D eigenvalue weighted by atomic mass is 16.3. The van der Waals surface area contributed by atoms with Crippen LogP contribution in [-0.2, 0) is 4.79 Å². The van der Waals surface area contributed by atoms with Gasteiger partial charge >= 0.3 is 0 Å². The molecule has 0 amide bonds. The van der Waals surface area contributed by atoms with Gasteiger partial charge in [-0.25, -0.2) is 0 Å². The van der Waals surface area contributed by atoms with Crippen molar-refractivity contribution in [1.82, 2.24) is 0 Å². The second-order valence-corrected chi connectivity index (χ2v) is 4.31. The first-order valence-electron chi connectivity index (χ1n) is 4.29. The fourth-order valence-electron chi connectivity index (χ4n) is 1.72. The van der Waals surface area contributed by atoms with E-state index in [4.69, 9.17) is 0 Å². The Hall–Kier alpha value is -0.630. The number of hydrogen-bond acceptors (Lipinski definition) is 2. The van der Waals surface area contributed by atoms with Crippen LogP contribution in [-0.4, -0.2) is 17.5 Å². The second-order valence-electron chi connectivity index (χ2n) is 4.31. The molecular formula is C10H16O2. The highest BCUT2D eigenvalue weighted by Crippen LogP contribution is 2.37. The van der Waals surface area contributed by atoms with Crippen LogP contribution < -0.4 is 0 Å². The van der Waals surface area contributed by atoms with Gasteiger partial charge in [-0.1, -0.05) is 19.4 Å². The maximum atomic E-state index is 10.6. The van der Waals surface area contributed by atoms with E-state index in [0.717, 1.165) is 23.9 Å². The first-order valence-corrected chi connectivity index (χ1v) is 4.29. The molecule has 2 heteroatoms. The third kappa shape index (κ3) is 1.58. The highest BCUT2D eigenvalue weighted by Gasteiger charge is 2.33. The van der Waals surface area contributed by atoms with Crippen LogP contribution in [0.2, 0.25) is 0 Å². The summed E-state index contributed by atoms with van der Waals surface area (Å²) in [7, 11) is 0. The largest absolute Gasteiger partial charge is 0.392 e.